The van der Waals surface area contributed by atoms with E-state index in [1.54, 1.807) is 25.1 Å². The first-order valence-electron chi connectivity index (χ1n) is 6.51. The zero-order valence-corrected chi connectivity index (χ0v) is 11.9. The molecule has 2 aromatic rings. The van der Waals surface area contributed by atoms with Crippen LogP contribution in [-0.4, -0.2) is 7.11 Å². The van der Waals surface area contributed by atoms with E-state index in [0.29, 0.717) is 16.9 Å². The lowest BCUT2D eigenvalue weighted by Crippen LogP contribution is -2.07. The van der Waals surface area contributed by atoms with Gasteiger partial charge in [0.05, 0.1) is 7.11 Å². The fraction of sp³-hybridized carbons (Fsp3) is 0.250. The van der Waals surface area contributed by atoms with E-state index in [9.17, 15) is 8.78 Å². The molecule has 0 aromatic heterocycles. The van der Waals surface area contributed by atoms with Crippen LogP contribution < -0.4 is 15.2 Å². The van der Waals surface area contributed by atoms with Crippen molar-refractivity contribution in [1.82, 2.24) is 0 Å². The average molecular weight is 293 g/mol. The van der Waals surface area contributed by atoms with Crippen molar-refractivity contribution in [3.05, 3.63) is 59.2 Å². The van der Waals surface area contributed by atoms with Crippen LogP contribution in [0.25, 0.3) is 0 Å². The minimum Gasteiger partial charge on any atom is -0.494 e. The van der Waals surface area contributed by atoms with Gasteiger partial charge in [0.2, 0.25) is 0 Å². The van der Waals surface area contributed by atoms with Crippen LogP contribution in [0.3, 0.4) is 0 Å². The Bertz CT molecular complexity index is 630. The molecule has 0 saturated heterocycles. The minimum atomic E-state index is -0.461. The first-order valence-corrected chi connectivity index (χ1v) is 6.51. The number of rotatable bonds is 5. The van der Waals surface area contributed by atoms with Crippen LogP contribution in [0.5, 0.6) is 11.5 Å². The summed E-state index contributed by atoms with van der Waals surface area (Å²) in [6.07, 6.45) is 0. The van der Waals surface area contributed by atoms with Gasteiger partial charge in [-0.05, 0) is 30.7 Å². The summed E-state index contributed by atoms with van der Waals surface area (Å²) in [7, 11) is 1.40. The smallest absolute Gasteiger partial charge is 0.165 e. The van der Waals surface area contributed by atoms with Gasteiger partial charge in [-0.3, -0.25) is 0 Å². The van der Waals surface area contributed by atoms with Crippen LogP contribution >= 0.6 is 0 Å². The molecule has 0 aliphatic rings. The summed E-state index contributed by atoms with van der Waals surface area (Å²) in [6.45, 7) is 1.84. The predicted molar refractivity (Wildman–Crippen MR) is 76.3 cm³/mol. The van der Waals surface area contributed by atoms with Gasteiger partial charge in [-0.2, -0.15) is 0 Å². The van der Waals surface area contributed by atoms with Crippen LogP contribution in [0, 0.1) is 11.6 Å². The fourth-order valence-corrected chi connectivity index (χ4v) is 1.93. The van der Waals surface area contributed by atoms with Crippen LogP contribution in [0.4, 0.5) is 8.78 Å². The molecule has 0 saturated carbocycles. The summed E-state index contributed by atoms with van der Waals surface area (Å²) in [5.41, 5.74) is 6.70. The summed E-state index contributed by atoms with van der Waals surface area (Å²) >= 11 is 0. The highest BCUT2D eigenvalue weighted by molar-refractivity contribution is 5.32. The molecule has 0 amide bonds. The number of halogens is 2. The van der Waals surface area contributed by atoms with Gasteiger partial charge in [0.25, 0.3) is 0 Å². The molecule has 0 heterocycles. The lowest BCUT2D eigenvalue weighted by atomic mass is 10.1. The summed E-state index contributed by atoms with van der Waals surface area (Å²) in [4.78, 5) is 0. The average Bonchev–Trinajstić information content (AvgIpc) is 2.45. The highest BCUT2D eigenvalue weighted by atomic mass is 19.1. The predicted octanol–water partition coefficient (Wildman–Crippen LogP) is 3.57. The van der Waals surface area contributed by atoms with Gasteiger partial charge in [0, 0.05) is 17.7 Å². The van der Waals surface area contributed by atoms with Crippen LogP contribution in [0.1, 0.15) is 24.1 Å². The molecule has 0 aliphatic carbocycles. The van der Waals surface area contributed by atoms with E-state index in [2.05, 4.69) is 0 Å². The highest BCUT2D eigenvalue weighted by Gasteiger charge is 2.09. The largest absolute Gasteiger partial charge is 0.494 e. The number of hydrogen-bond donors (Lipinski definition) is 1. The van der Waals surface area contributed by atoms with E-state index < -0.39 is 11.6 Å². The molecule has 112 valence electrons. The maximum atomic E-state index is 13.8. The molecule has 0 bridgehead atoms. The first kappa shape index (κ1) is 15.3. The second kappa shape index (κ2) is 6.54. The minimum absolute atomic E-state index is 0.137. The molecule has 1 atom stereocenters. The van der Waals surface area contributed by atoms with Gasteiger partial charge in [-0.25, -0.2) is 8.78 Å². The Morgan fingerprint density at radius 1 is 1.10 bits per heavy atom. The maximum Gasteiger partial charge on any atom is 0.165 e. The monoisotopic (exact) mass is 293 g/mol. The summed E-state index contributed by atoms with van der Waals surface area (Å²) in [6, 6.07) is 8.66. The van der Waals surface area contributed by atoms with Crippen molar-refractivity contribution in [2.75, 3.05) is 7.11 Å². The second-order valence-electron chi connectivity index (χ2n) is 4.73. The number of benzene rings is 2. The number of ether oxygens (including phenoxy) is 2. The first-order chi connectivity index (χ1) is 10.0. The normalized spacial score (nSPS) is 12.0. The molecule has 0 fully saturated rings. The molecule has 2 aromatic carbocycles. The SMILES string of the molecule is COc1ccc(COc2ccc(C(C)N)c(F)c2)cc1F. The Hall–Kier alpha value is -2.14. The third kappa shape index (κ3) is 3.70. The molecule has 2 rings (SSSR count). The topological polar surface area (TPSA) is 44.5 Å². The Morgan fingerprint density at radius 2 is 1.86 bits per heavy atom. The molecule has 1 unspecified atom stereocenters. The van der Waals surface area contributed by atoms with E-state index in [1.165, 1.54) is 25.3 Å². The molecular weight excluding hydrogens is 276 g/mol. The van der Waals surface area contributed by atoms with Gasteiger partial charge < -0.3 is 15.2 Å². The molecule has 0 radical (unpaired) electrons. The molecular formula is C16H17F2NO2. The van der Waals surface area contributed by atoms with Crippen molar-refractivity contribution >= 4 is 0 Å². The van der Waals surface area contributed by atoms with Crippen LogP contribution in [0.15, 0.2) is 36.4 Å². The molecule has 0 spiro atoms. The Kier molecular flexibility index (Phi) is 4.75. The standard InChI is InChI=1S/C16H17F2NO2/c1-10(19)13-5-4-12(8-14(13)17)21-9-11-3-6-16(20-2)15(18)7-11/h3-8,10H,9,19H2,1-2H3. The van der Waals surface area contributed by atoms with Crippen molar-refractivity contribution < 1.29 is 18.3 Å². The van der Waals surface area contributed by atoms with Crippen molar-refractivity contribution in [3.63, 3.8) is 0 Å². The van der Waals surface area contributed by atoms with Gasteiger partial charge in [0.1, 0.15) is 18.2 Å². The third-order valence-electron chi connectivity index (χ3n) is 3.08. The molecule has 2 N–H and O–H groups in total. The zero-order chi connectivity index (χ0) is 15.4. The zero-order valence-electron chi connectivity index (χ0n) is 11.9. The van der Waals surface area contributed by atoms with E-state index in [-0.39, 0.29) is 18.4 Å². The van der Waals surface area contributed by atoms with Crippen molar-refractivity contribution in [2.45, 2.75) is 19.6 Å². The Morgan fingerprint density at radius 3 is 2.43 bits per heavy atom. The third-order valence-corrected chi connectivity index (χ3v) is 3.08. The molecule has 5 heteroatoms. The van der Waals surface area contributed by atoms with Gasteiger partial charge >= 0.3 is 0 Å². The van der Waals surface area contributed by atoms with Crippen molar-refractivity contribution in [3.8, 4) is 11.5 Å². The van der Waals surface area contributed by atoms with Crippen LogP contribution in [0.2, 0.25) is 0 Å². The van der Waals surface area contributed by atoms with E-state index in [1.807, 2.05) is 0 Å². The maximum absolute atomic E-state index is 13.8. The van der Waals surface area contributed by atoms with Gasteiger partial charge in [-0.1, -0.05) is 12.1 Å². The van der Waals surface area contributed by atoms with E-state index in [0.717, 1.165) is 0 Å². The Labute approximate surface area is 122 Å². The summed E-state index contributed by atoms with van der Waals surface area (Å²) in [5.74, 6) is -0.334. The van der Waals surface area contributed by atoms with Crippen molar-refractivity contribution in [1.29, 1.82) is 0 Å². The van der Waals surface area contributed by atoms with E-state index >= 15 is 0 Å². The lowest BCUT2D eigenvalue weighted by Gasteiger charge is -2.11. The Balaban J connectivity index is 2.06. The summed E-state index contributed by atoms with van der Waals surface area (Å²) < 4.78 is 37.6. The fourth-order valence-electron chi connectivity index (χ4n) is 1.93. The summed E-state index contributed by atoms with van der Waals surface area (Å²) in [5, 5.41) is 0. The number of methoxy groups -OCH3 is 1. The quantitative estimate of drug-likeness (QED) is 0.916. The van der Waals surface area contributed by atoms with Gasteiger partial charge in [-0.15, -0.1) is 0 Å². The molecule has 3 nitrogen and oxygen atoms in total. The second-order valence-corrected chi connectivity index (χ2v) is 4.73. The number of hydrogen-bond acceptors (Lipinski definition) is 3. The lowest BCUT2D eigenvalue weighted by molar-refractivity contribution is 0.303. The van der Waals surface area contributed by atoms with E-state index in [4.69, 9.17) is 15.2 Å². The van der Waals surface area contributed by atoms with Gasteiger partial charge in [0.15, 0.2) is 11.6 Å². The van der Waals surface area contributed by atoms with Crippen LogP contribution in [-0.2, 0) is 6.61 Å². The molecule has 0 aliphatic heterocycles. The van der Waals surface area contributed by atoms with Crippen molar-refractivity contribution in [2.24, 2.45) is 5.73 Å². The number of nitrogens with two attached hydrogens (primary N) is 1. The molecule has 21 heavy (non-hydrogen) atoms. The highest BCUT2D eigenvalue weighted by Crippen LogP contribution is 2.22.